The molecule has 20 heavy (non-hydrogen) atoms. The molecular formula is C14H16N3O2S+. The Hall–Kier alpha value is -2.21. The summed E-state index contributed by atoms with van der Waals surface area (Å²) in [7, 11) is -3.74. The molecule has 0 unspecified atom stereocenters. The van der Waals surface area contributed by atoms with E-state index in [1.165, 1.54) is 0 Å². The molecular weight excluding hydrogens is 274 g/mol. The van der Waals surface area contributed by atoms with Crippen molar-refractivity contribution in [3.8, 4) is 0 Å². The van der Waals surface area contributed by atoms with Crippen molar-refractivity contribution in [2.75, 3.05) is 0 Å². The Bertz CT molecular complexity index is 726. The van der Waals surface area contributed by atoms with Crippen LogP contribution in [0.2, 0.25) is 0 Å². The third-order valence-electron chi connectivity index (χ3n) is 2.80. The van der Waals surface area contributed by atoms with Gasteiger partial charge in [-0.25, -0.2) is 9.89 Å². The first-order valence-corrected chi connectivity index (χ1v) is 7.48. The molecule has 1 aromatic carbocycles. The van der Waals surface area contributed by atoms with E-state index in [9.17, 15) is 8.42 Å². The van der Waals surface area contributed by atoms with Crippen LogP contribution in [0.5, 0.6) is 0 Å². The van der Waals surface area contributed by atoms with Crippen molar-refractivity contribution >= 4 is 22.2 Å². The number of benzene rings is 1. The molecule has 1 aliphatic rings. The molecule has 0 saturated heterocycles. The van der Waals surface area contributed by atoms with Crippen molar-refractivity contribution < 1.29 is 13.0 Å². The monoisotopic (exact) mass is 290 g/mol. The SMILES string of the molecule is C=C/C=[N+]1\C(C)=CNC1=NS(=O)(=O)c1ccc(C)cc1. The Labute approximate surface area is 118 Å². The molecule has 1 aromatic rings. The minimum absolute atomic E-state index is 0.167. The van der Waals surface area contributed by atoms with Gasteiger partial charge in [-0.05, 0) is 32.1 Å². The Morgan fingerprint density at radius 3 is 2.50 bits per heavy atom. The summed E-state index contributed by atoms with van der Waals surface area (Å²) in [5.41, 5.74) is 1.83. The minimum atomic E-state index is -3.74. The number of sulfonamides is 1. The fraction of sp³-hybridized carbons (Fsp3) is 0.143. The van der Waals surface area contributed by atoms with Crippen molar-refractivity contribution in [2.24, 2.45) is 4.40 Å². The van der Waals surface area contributed by atoms with E-state index in [0.29, 0.717) is 0 Å². The molecule has 0 atom stereocenters. The standard InChI is InChI=1S/C14H16N3O2S/c1-4-9-17-12(3)10-15-14(17)16-20(18,19)13-7-5-11(2)6-8-13/h4-10H,1H2,2-3H3,(H,15,16)/q+1/b17-9+. The van der Waals surface area contributed by atoms with Crippen molar-refractivity contribution in [3.63, 3.8) is 0 Å². The van der Waals surface area contributed by atoms with E-state index >= 15 is 0 Å². The smallest absolute Gasteiger partial charge is 0.244 e. The summed E-state index contributed by atoms with van der Waals surface area (Å²) < 4.78 is 29.9. The van der Waals surface area contributed by atoms with E-state index in [1.807, 2.05) is 13.8 Å². The lowest BCUT2D eigenvalue weighted by atomic mass is 10.2. The molecule has 5 nitrogen and oxygen atoms in total. The van der Waals surface area contributed by atoms with Gasteiger partial charge in [0.1, 0.15) is 10.6 Å². The lowest BCUT2D eigenvalue weighted by Crippen LogP contribution is -2.25. The quantitative estimate of drug-likeness (QED) is 0.863. The van der Waals surface area contributed by atoms with Gasteiger partial charge in [0.15, 0.2) is 0 Å². The first-order chi connectivity index (χ1) is 9.44. The maximum atomic E-state index is 12.2. The molecule has 0 spiro atoms. The Balaban J connectivity index is 2.42. The topological polar surface area (TPSA) is 61.5 Å². The zero-order chi connectivity index (χ0) is 14.8. The Morgan fingerprint density at radius 1 is 1.25 bits per heavy atom. The van der Waals surface area contributed by atoms with Crippen molar-refractivity contribution in [1.82, 2.24) is 5.32 Å². The van der Waals surface area contributed by atoms with Gasteiger partial charge in [-0.2, -0.15) is 8.42 Å². The summed E-state index contributed by atoms with van der Waals surface area (Å²) >= 11 is 0. The van der Waals surface area contributed by atoms with E-state index < -0.39 is 10.0 Å². The number of nitrogens with zero attached hydrogens (tertiary/aromatic N) is 2. The number of hydrogen-bond donors (Lipinski definition) is 1. The van der Waals surface area contributed by atoms with Gasteiger partial charge in [0.05, 0.1) is 12.4 Å². The minimum Gasteiger partial charge on any atom is -0.244 e. The average Bonchev–Trinajstić information content (AvgIpc) is 2.72. The summed E-state index contributed by atoms with van der Waals surface area (Å²) in [5.74, 6) is 0.239. The van der Waals surface area contributed by atoms with Crippen molar-refractivity contribution in [2.45, 2.75) is 18.7 Å². The molecule has 104 valence electrons. The molecule has 1 heterocycles. The molecule has 0 aromatic heterocycles. The van der Waals surface area contributed by atoms with E-state index in [4.69, 9.17) is 0 Å². The summed E-state index contributed by atoms with van der Waals surface area (Å²) in [5, 5.41) is 2.83. The van der Waals surface area contributed by atoms with Crippen LogP contribution in [0.25, 0.3) is 0 Å². The highest BCUT2D eigenvalue weighted by atomic mass is 32.2. The molecule has 0 amide bonds. The third-order valence-corrected chi connectivity index (χ3v) is 4.08. The molecule has 0 fully saturated rings. The summed E-state index contributed by atoms with van der Waals surface area (Å²) in [4.78, 5) is 0.167. The van der Waals surface area contributed by atoms with Crippen LogP contribution in [-0.2, 0) is 10.0 Å². The second-order valence-electron chi connectivity index (χ2n) is 4.39. The van der Waals surface area contributed by atoms with E-state index in [-0.39, 0.29) is 10.9 Å². The van der Waals surface area contributed by atoms with Gasteiger partial charge < -0.3 is 0 Å². The van der Waals surface area contributed by atoms with Crippen LogP contribution in [0, 0.1) is 6.92 Å². The van der Waals surface area contributed by atoms with Gasteiger partial charge in [-0.15, -0.1) is 0 Å². The lowest BCUT2D eigenvalue weighted by molar-refractivity contribution is -0.338. The van der Waals surface area contributed by atoms with Gasteiger partial charge in [0.25, 0.3) is 0 Å². The molecule has 6 heteroatoms. The average molecular weight is 290 g/mol. The molecule has 1 N–H and O–H groups in total. The van der Waals surface area contributed by atoms with Crippen molar-refractivity contribution in [3.05, 3.63) is 54.4 Å². The van der Waals surface area contributed by atoms with Crippen LogP contribution in [0.4, 0.5) is 0 Å². The first-order valence-electron chi connectivity index (χ1n) is 6.04. The maximum absolute atomic E-state index is 12.2. The van der Waals surface area contributed by atoms with Crippen LogP contribution in [0.15, 0.2) is 58.1 Å². The molecule has 0 bridgehead atoms. The van der Waals surface area contributed by atoms with Gasteiger partial charge in [-0.1, -0.05) is 24.3 Å². The van der Waals surface area contributed by atoms with Gasteiger partial charge in [-0.3, -0.25) is 0 Å². The molecule has 0 radical (unpaired) electrons. The van der Waals surface area contributed by atoms with Crippen LogP contribution >= 0.6 is 0 Å². The number of hydrogen-bond acceptors (Lipinski definition) is 2. The highest BCUT2D eigenvalue weighted by Gasteiger charge is 2.27. The van der Waals surface area contributed by atoms with Crippen LogP contribution in [0.3, 0.4) is 0 Å². The first kappa shape index (κ1) is 14.2. The zero-order valence-electron chi connectivity index (χ0n) is 11.4. The zero-order valence-corrected chi connectivity index (χ0v) is 12.2. The van der Waals surface area contributed by atoms with E-state index in [1.54, 1.807) is 47.3 Å². The third kappa shape index (κ3) is 2.85. The second kappa shape index (κ2) is 5.42. The predicted octanol–water partition coefficient (Wildman–Crippen LogP) is 1.77. The summed E-state index contributed by atoms with van der Waals surface area (Å²) in [6.07, 6.45) is 4.90. The fourth-order valence-electron chi connectivity index (χ4n) is 1.72. The molecule has 1 aliphatic heterocycles. The molecule has 2 rings (SSSR count). The van der Waals surface area contributed by atoms with Crippen LogP contribution in [-0.4, -0.2) is 25.2 Å². The maximum Gasteiger partial charge on any atom is 0.413 e. The van der Waals surface area contributed by atoms with Gasteiger partial charge in [0, 0.05) is 4.40 Å². The number of rotatable bonds is 3. The normalized spacial score (nSPS) is 19.0. The summed E-state index contributed by atoms with van der Waals surface area (Å²) in [6.45, 7) is 7.34. The van der Waals surface area contributed by atoms with E-state index in [0.717, 1.165) is 11.3 Å². The Kier molecular flexibility index (Phi) is 3.85. The fourth-order valence-corrected chi connectivity index (χ4v) is 2.67. The number of nitrogens with one attached hydrogen (secondary N) is 1. The lowest BCUT2D eigenvalue weighted by Gasteiger charge is -1.99. The largest absolute Gasteiger partial charge is 0.413 e. The predicted molar refractivity (Wildman–Crippen MR) is 79.2 cm³/mol. The highest BCUT2D eigenvalue weighted by molar-refractivity contribution is 7.90. The van der Waals surface area contributed by atoms with Crippen LogP contribution in [0.1, 0.15) is 12.5 Å². The number of aryl methyl sites for hydroxylation is 1. The van der Waals surface area contributed by atoms with E-state index in [2.05, 4.69) is 16.3 Å². The number of allylic oxidation sites excluding steroid dienone is 2. The Morgan fingerprint density at radius 2 is 1.90 bits per heavy atom. The van der Waals surface area contributed by atoms with Gasteiger partial charge in [0.2, 0.25) is 0 Å². The number of guanidine groups is 1. The van der Waals surface area contributed by atoms with Crippen molar-refractivity contribution in [1.29, 1.82) is 0 Å². The summed E-state index contributed by atoms with van der Waals surface area (Å²) in [6, 6.07) is 6.58. The molecule has 0 aliphatic carbocycles. The van der Waals surface area contributed by atoms with Crippen LogP contribution < -0.4 is 5.32 Å². The molecule has 0 saturated carbocycles. The highest BCUT2D eigenvalue weighted by Crippen LogP contribution is 2.14. The van der Waals surface area contributed by atoms with Gasteiger partial charge >= 0.3 is 16.0 Å². The second-order valence-corrected chi connectivity index (χ2v) is 5.99.